The molecule has 6 heterocycles. The molecule has 281 valence electrons. The Balaban J connectivity index is 0.000000142. The summed E-state index contributed by atoms with van der Waals surface area (Å²) >= 11 is 0. The number of hydrogen-bond donors (Lipinski definition) is 0. The SMILES string of the molecule is CC1(C)CC2(C)c3c(nc4c5[c-]cccc5c5cccc(c5n34)C2(C)C)-c2ccccc21.CC1(C)c2cccc3c4ccc[c-]c4c4ncc(n4c23)C1(C)C.[Ir]. The van der Waals surface area contributed by atoms with Gasteiger partial charge in [-0.15, -0.1) is 59.3 Å². The normalized spacial score (nSPS) is 20.3. The smallest absolute Gasteiger partial charge is 0.0813 e. The number of fused-ring (bicyclic) bond motifs is 8. The van der Waals surface area contributed by atoms with Gasteiger partial charge in [-0.25, -0.2) is 0 Å². The number of aromatic nitrogens is 4. The van der Waals surface area contributed by atoms with E-state index in [9.17, 15) is 0 Å². The van der Waals surface area contributed by atoms with Crippen LogP contribution in [0.15, 0.2) is 103 Å². The molecule has 4 nitrogen and oxygen atoms in total. The Morgan fingerprint density at radius 3 is 1.77 bits per heavy atom. The molecular weight excluding hydrogens is 861 g/mol. The van der Waals surface area contributed by atoms with E-state index in [0.717, 1.165) is 34.2 Å². The minimum Gasteiger partial charge on any atom is -0.337 e. The van der Waals surface area contributed by atoms with Crippen molar-refractivity contribution in [3.8, 4) is 11.3 Å². The summed E-state index contributed by atoms with van der Waals surface area (Å²) in [5.74, 6) is 0. The number of para-hydroxylation sites is 2. The molecular formula is C51H46IrN4-2. The summed E-state index contributed by atoms with van der Waals surface area (Å²) in [7, 11) is 0. The van der Waals surface area contributed by atoms with E-state index in [1.54, 1.807) is 0 Å². The van der Waals surface area contributed by atoms with E-state index in [4.69, 9.17) is 9.97 Å². The van der Waals surface area contributed by atoms with Gasteiger partial charge in [0.05, 0.1) is 17.0 Å². The van der Waals surface area contributed by atoms with Gasteiger partial charge in [0.25, 0.3) is 0 Å². The van der Waals surface area contributed by atoms with Crippen LogP contribution in [-0.4, -0.2) is 18.8 Å². The van der Waals surface area contributed by atoms with Crippen molar-refractivity contribution in [1.29, 1.82) is 0 Å². The van der Waals surface area contributed by atoms with Crippen LogP contribution >= 0.6 is 0 Å². The fraction of sp³-hybridized carbons (Fsp3) is 0.294. The van der Waals surface area contributed by atoms with Gasteiger partial charge in [0.1, 0.15) is 0 Å². The maximum atomic E-state index is 5.42. The molecule has 0 N–H and O–H groups in total. The summed E-state index contributed by atoms with van der Waals surface area (Å²) in [6, 6.07) is 42.0. The zero-order chi connectivity index (χ0) is 38.0. The van der Waals surface area contributed by atoms with Gasteiger partial charge < -0.3 is 8.80 Å². The van der Waals surface area contributed by atoms with Gasteiger partial charge in [-0.3, -0.25) is 9.97 Å². The molecule has 0 saturated heterocycles. The average Bonchev–Trinajstić information content (AvgIpc) is 3.80. The van der Waals surface area contributed by atoms with E-state index >= 15 is 0 Å². The van der Waals surface area contributed by atoms with Crippen LogP contribution in [0.5, 0.6) is 0 Å². The molecule has 5 heteroatoms. The van der Waals surface area contributed by atoms with E-state index < -0.39 is 0 Å². The largest absolute Gasteiger partial charge is 0.337 e. The molecule has 0 bridgehead atoms. The second-order valence-corrected chi connectivity index (χ2v) is 18.9. The average molecular weight is 907 g/mol. The summed E-state index contributed by atoms with van der Waals surface area (Å²) in [5, 5.41) is 7.30. The third-order valence-electron chi connectivity index (χ3n) is 15.1. The molecule has 3 aliphatic rings. The van der Waals surface area contributed by atoms with Crippen molar-refractivity contribution in [3.05, 3.63) is 143 Å². The Bertz CT molecular complexity index is 3160. The number of imidazole rings is 2. The van der Waals surface area contributed by atoms with Gasteiger partial charge in [-0.2, -0.15) is 0 Å². The van der Waals surface area contributed by atoms with Crippen molar-refractivity contribution >= 4 is 54.6 Å². The van der Waals surface area contributed by atoms with E-state index in [2.05, 4.69) is 174 Å². The van der Waals surface area contributed by atoms with Gasteiger partial charge in [-0.1, -0.05) is 134 Å². The molecule has 0 saturated carbocycles. The number of rotatable bonds is 0. The minimum atomic E-state index is -0.0754. The predicted octanol–water partition coefficient (Wildman–Crippen LogP) is 12.3. The van der Waals surface area contributed by atoms with E-state index in [0.29, 0.717) is 0 Å². The van der Waals surface area contributed by atoms with Crippen LogP contribution in [0.25, 0.3) is 65.9 Å². The molecule has 9 aromatic rings. The van der Waals surface area contributed by atoms with Crippen LogP contribution in [0.1, 0.15) is 96.8 Å². The van der Waals surface area contributed by atoms with Gasteiger partial charge in [0, 0.05) is 75.9 Å². The summed E-state index contributed by atoms with van der Waals surface area (Å²) in [5.41, 5.74) is 14.0. The Kier molecular flexibility index (Phi) is 7.10. The predicted molar refractivity (Wildman–Crippen MR) is 228 cm³/mol. The molecule has 0 spiro atoms. The van der Waals surface area contributed by atoms with Crippen molar-refractivity contribution in [3.63, 3.8) is 0 Å². The second kappa shape index (κ2) is 11.2. The molecule has 4 aromatic heterocycles. The summed E-state index contributed by atoms with van der Waals surface area (Å²) < 4.78 is 4.87. The molecule has 56 heavy (non-hydrogen) atoms. The minimum absolute atomic E-state index is 0. The Labute approximate surface area is 342 Å². The third kappa shape index (κ3) is 4.08. The van der Waals surface area contributed by atoms with E-state index in [1.165, 1.54) is 66.2 Å². The van der Waals surface area contributed by atoms with Crippen LogP contribution < -0.4 is 0 Å². The summed E-state index contributed by atoms with van der Waals surface area (Å²) in [6.07, 6.45) is 3.13. The molecule has 0 amide bonds. The van der Waals surface area contributed by atoms with Crippen LogP contribution in [0.4, 0.5) is 0 Å². The first-order valence-electron chi connectivity index (χ1n) is 19.8. The van der Waals surface area contributed by atoms with Crippen molar-refractivity contribution in [2.24, 2.45) is 0 Å². The van der Waals surface area contributed by atoms with Gasteiger partial charge in [0.2, 0.25) is 0 Å². The van der Waals surface area contributed by atoms with Crippen LogP contribution in [0.2, 0.25) is 0 Å². The molecule has 5 aromatic carbocycles. The van der Waals surface area contributed by atoms with Crippen LogP contribution in [0.3, 0.4) is 0 Å². The van der Waals surface area contributed by atoms with Gasteiger partial charge in [0.15, 0.2) is 0 Å². The van der Waals surface area contributed by atoms with Crippen molar-refractivity contribution in [1.82, 2.24) is 18.8 Å². The fourth-order valence-corrected chi connectivity index (χ4v) is 11.2. The van der Waals surface area contributed by atoms with Crippen LogP contribution in [0, 0.1) is 12.1 Å². The first-order valence-corrected chi connectivity index (χ1v) is 19.8. The standard InChI is InChI=1S/C30H27N2.C21H19N2.Ir/c1-28(2)17-30(5)26-24(21-13-8-9-15-22(21)28)31-27-20-12-7-6-11-18(20)19-14-10-16-23(29(30,3)4)25(19)32(26)27;1-20(2)16-11-7-10-14-13-8-5-6-9-15(13)19-22-12-17(21(20,3)4)23(19)18(14)16;/h6-11,13-16H,17H2,1-5H3;5-8,10-12H,1-4H3;/q2*-1;. The second-order valence-electron chi connectivity index (χ2n) is 18.9. The summed E-state index contributed by atoms with van der Waals surface area (Å²) in [4.78, 5) is 10.2. The monoisotopic (exact) mass is 907 g/mol. The molecule has 1 aliphatic carbocycles. The number of pyridine rings is 2. The number of nitrogens with zero attached hydrogens (tertiary/aromatic N) is 4. The zero-order valence-electron chi connectivity index (χ0n) is 33.6. The first kappa shape index (κ1) is 35.6. The molecule has 2 aliphatic heterocycles. The number of benzene rings is 5. The quantitative estimate of drug-likeness (QED) is 0.112. The molecule has 0 fully saturated rings. The van der Waals surface area contributed by atoms with Crippen molar-refractivity contribution in [2.45, 2.75) is 95.8 Å². The zero-order valence-corrected chi connectivity index (χ0v) is 36.0. The fourth-order valence-electron chi connectivity index (χ4n) is 11.2. The molecule has 1 unspecified atom stereocenters. The maximum Gasteiger partial charge on any atom is 0.0813 e. The van der Waals surface area contributed by atoms with Gasteiger partial charge >= 0.3 is 0 Å². The molecule has 12 rings (SSSR count). The third-order valence-corrected chi connectivity index (χ3v) is 15.1. The van der Waals surface area contributed by atoms with E-state index in [1.807, 2.05) is 12.1 Å². The number of hydrogen-bond acceptors (Lipinski definition) is 2. The Morgan fingerprint density at radius 2 is 1.11 bits per heavy atom. The van der Waals surface area contributed by atoms with E-state index in [-0.39, 0.29) is 47.2 Å². The topological polar surface area (TPSA) is 34.6 Å². The maximum absolute atomic E-state index is 5.42. The first-order chi connectivity index (χ1) is 26.2. The van der Waals surface area contributed by atoms with Crippen molar-refractivity contribution in [2.75, 3.05) is 0 Å². The Hall–Kier alpha value is -4.83. The summed E-state index contributed by atoms with van der Waals surface area (Å²) in [6.45, 7) is 21.6. The Morgan fingerprint density at radius 1 is 0.554 bits per heavy atom. The van der Waals surface area contributed by atoms with Crippen LogP contribution in [-0.2, 0) is 47.2 Å². The van der Waals surface area contributed by atoms with Gasteiger partial charge in [-0.05, 0) is 39.3 Å². The molecule has 1 atom stereocenters. The molecule has 1 radical (unpaired) electrons. The van der Waals surface area contributed by atoms with Crippen molar-refractivity contribution < 1.29 is 20.1 Å².